The number of aromatic nitrogens is 2. The molecule has 2 aromatic rings. The largest absolute Gasteiger partial charge is 0.341 e. The zero-order valence-electron chi connectivity index (χ0n) is 15.0. The van der Waals surface area contributed by atoms with Crippen molar-refractivity contribution in [3.8, 4) is 0 Å². The summed E-state index contributed by atoms with van der Waals surface area (Å²) in [5.74, 6) is 0.291. The number of Topliss-reactive ketones (excluding diaryl/α,β-unsaturated/α-hetero) is 1. The number of hydrogen-bond acceptors (Lipinski definition) is 5. The van der Waals surface area contributed by atoms with E-state index in [9.17, 15) is 9.59 Å². The molecule has 1 amide bonds. The average molecular weight is 340 g/mol. The minimum atomic E-state index is -0.301. The van der Waals surface area contributed by atoms with E-state index in [0.717, 1.165) is 25.9 Å². The monoisotopic (exact) mass is 340 g/mol. The molecule has 0 saturated carbocycles. The molecule has 1 N–H and O–H groups in total. The van der Waals surface area contributed by atoms with Crippen LogP contribution >= 0.6 is 0 Å². The van der Waals surface area contributed by atoms with Crippen molar-refractivity contribution in [2.75, 3.05) is 23.3 Å². The predicted octanol–water partition coefficient (Wildman–Crippen LogP) is 3.56. The SMILES string of the molecule is CCCN(CCC)c1ncc(C(=O)Nc2cccc(C(C)=O)c2)cn1. The van der Waals surface area contributed by atoms with E-state index < -0.39 is 0 Å². The van der Waals surface area contributed by atoms with Crippen LogP contribution < -0.4 is 10.2 Å². The highest BCUT2D eigenvalue weighted by Gasteiger charge is 2.11. The van der Waals surface area contributed by atoms with E-state index in [4.69, 9.17) is 0 Å². The van der Waals surface area contributed by atoms with Crippen molar-refractivity contribution in [1.29, 1.82) is 0 Å². The Kier molecular flexibility index (Phi) is 6.62. The molecule has 0 spiro atoms. The number of rotatable bonds is 8. The molecule has 0 atom stereocenters. The molecule has 0 radical (unpaired) electrons. The molecular formula is C19H24N4O2. The van der Waals surface area contributed by atoms with E-state index in [1.807, 2.05) is 0 Å². The summed E-state index contributed by atoms with van der Waals surface area (Å²) in [6, 6.07) is 6.84. The van der Waals surface area contributed by atoms with Gasteiger partial charge in [0.25, 0.3) is 5.91 Å². The van der Waals surface area contributed by atoms with Crippen molar-refractivity contribution in [1.82, 2.24) is 9.97 Å². The lowest BCUT2D eigenvalue weighted by Gasteiger charge is -2.21. The number of carbonyl (C=O) groups excluding carboxylic acids is 2. The average Bonchev–Trinajstić information content (AvgIpc) is 2.62. The van der Waals surface area contributed by atoms with Gasteiger partial charge in [-0.2, -0.15) is 0 Å². The molecule has 25 heavy (non-hydrogen) atoms. The van der Waals surface area contributed by atoms with Crippen LogP contribution in [0.3, 0.4) is 0 Å². The summed E-state index contributed by atoms with van der Waals surface area (Å²) in [7, 11) is 0. The summed E-state index contributed by atoms with van der Waals surface area (Å²) in [6.45, 7) is 7.49. The summed E-state index contributed by atoms with van der Waals surface area (Å²) >= 11 is 0. The Labute approximate surface area is 148 Å². The lowest BCUT2D eigenvalue weighted by atomic mass is 10.1. The van der Waals surface area contributed by atoms with Crippen molar-refractivity contribution >= 4 is 23.3 Å². The van der Waals surface area contributed by atoms with Gasteiger partial charge in [-0.25, -0.2) is 9.97 Å². The number of nitrogens with one attached hydrogen (secondary N) is 1. The third-order valence-corrected chi connectivity index (χ3v) is 3.70. The number of hydrogen-bond donors (Lipinski definition) is 1. The Morgan fingerprint density at radius 3 is 2.24 bits per heavy atom. The third-order valence-electron chi connectivity index (χ3n) is 3.70. The summed E-state index contributed by atoms with van der Waals surface area (Å²) in [5.41, 5.74) is 1.50. The zero-order chi connectivity index (χ0) is 18.2. The van der Waals surface area contributed by atoms with E-state index in [0.29, 0.717) is 22.8 Å². The van der Waals surface area contributed by atoms with Gasteiger partial charge in [0.1, 0.15) is 0 Å². The van der Waals surface area contributed by atoms with Crippen molar-refractivity contribution in [2.24, 2.45) is 0 Å². The Morgan fingerprint density at radius 2 is 1.68 bits per heavy atom. The normalized spacial score (nSPS) is 10.4. The Hall–Kier alpha value is -2.76. The molecule has 0 saturated heterocycles. The van der Waals surface area contributed by atoms with Crippen LogP contribution in [0.1, 0.15) is 54.3 Å². The maximum atomic E-state index is 12.3. The van der Waals surface area contributed by atoms with Gasteiger partial charge < -0.3 is 10.2 Å². The number of benzene rings is 1. The molecule has 6 heteroatoms. The fraction of sp³-hybridized carbons (Fsp3) is 0.368. The number of nitrogens with zero attached hydrogens (tertiary/aromatic N) is 3. The summed E-state index contributed by atoms with van der Waals surface area (Å²) in [5, 5.41) is 2.77. The van der Waals surface area contributed by atoms with Crippen LogP contribution in [0.25, 0.3) is 0 Å². The van der Waals surface area contributed by atoms with Crippen molar-refractivity contribution in [2.45, 2.75) is 33.6 Å². The molecule has 0 fully saturated rings. The van der Waals surface area contributed by atoms with Gasteiger partial charge in [-0.3, -0.25) is 9.59 Å². The lowest BCUT2D eigenvalue weighted by Crippen LogP contribution is -2.27. The molecule has 1 heterocycles. The highest BCUT2D eigenvalue weighted by Crippen LogP contribution is 2.14. The lowest BCUT2D eigenvalue weighted by molar-refractivity contribution is 0.101. The maximum Gasteiger partial charge on any atom is 0.258 e. The van der Waals surface area contributed by atoms with Gasteiger partial charge in [0, 0.05) is 36.7 Å². The van der Waals surface area contributed by atoms with Crippen LogP contribution in [0.2, 0.25) is 0 Å². The molecule has 6 nitrogen and oxygen atoms in total. The van der Waals surface area contributed by atoms with Crippen molar-refractivity contribution < 1.29 is 9.59 Å². The first-order valence-corrected chi connectivity index (χ1v) is 8.54. The van der Waals surface area contributed by atoms with Gasteiger partial charge in [-0.15, -0.1) is 0 Å². The van der Waals surface area contributed by atoms with E-state index in [-0.39, 0.29) is 11.7 Å². The van der Waals surface area contributed by atoms with E-state index in [2.05, 4.69) is 34.0 Å². The molecule has 0 bridgehead atoms. The van der Waals surface area contributed by atoms with E-state index >= 15 is 0 Å². The molecule has 1 aromatic heterocycles. The number of carbonyl (C=O) groups is 2. The van der Waals surface area contributed by atoms with Gasteiger partial charge in [0.15, 0.2) is 5.78 Å². The Morgan fingerprint density at radius 1 is 1.04 bits per heavy atom. The van der Waals surface area contributed by atoms with Crippen LogP contribution in [0.4, 0.5) is 11.6 Å². The quantitative estimate of drug-likeness (QED) is 0.744. The minimum Gasteiger partial charge on any atom is -0.341 e. The van der Waals surface area contributed by atoms with Crippen LogP contribution in [0, 0.1) is 0 Å². The number of anilines is 2. The van der Waals surface area contributed by atoms with Gasteiger partial charge >= 0.3 is 0 Å². The number of ketones is 1. The highest BCUT2D eigenvalue weighted by atomic mass is 16.1. The van der Waals surface area contributed by atoms with Gasteiger partial charge in [0.2, 0.25) is 5.95 Å². The van der Waals surface area contributed by atoms with Crippen molar-refractivity contribution in [3.05, 3.63) is 47.8 Å². The first-order valence-electron chi connectivity index (χ1n) is 8.54. The topological polar surface area (TPSA) is 75.2 Å². The van der Waals surface area contributed by atoms with E-state index in [1.165, 1.54) is 19.3 Å². The summed E-state index contributed by atoms with van der Waals surface area (Å²) in [6.07, 6.45) is 5.09. The van der Waals surface area contributed by atoms with Crippen LogP contribution in [-0.2, 0) is 0 Å². The third kappa shape index (κ3) is 5.11. The second-order valence-corrected chi connectivity index (χ2v) is 5.85. The summed E-state index contributed by atoms with van der Waals surface area (Å²) < 4.78 is 0. The molecule has 0 aliphatic rings. The molecule has 132 valence electrons. The first kappa shape index (κ1) is 18.6. The fourth-order valence-electron chi connectivity index (χ4n) is 2.47. The smallest absolute Gasteiger partial charge is 0.258 e. The molecule has 0 aliphatic carbocycles. The van der Waals surface area contributed by atoms with Crippen molar-refractivity contribution in [3.63, 3.8) is 0 Å². The van der Waals surface area contributed by atoms with Gasteiger partial charge in [0.05, 0.1) is 5.56 Å². The van der Waals surface area contributed by atoms with E-state index in [1.54, 1.807) is 24.3 Å². The van der Waals surface area contributed by atoms with Crippen LogP contribution in [0.15, 0.2) is 36.7 Å². The van der Waals surface area contributed by atoms with Crippen LogP contribution in [-0.4, -0.2) is 34.7 Å². The second-order valence-electron chi connectivity index (χ2n) is 5.85. The number of amides is 1. The minimum absolute atomic E-state index is 0.0456. The maximum absolute atomic E-state index is 12.3. The molecule has 1 aromatic carbocycles. The van der Waals surface area contributed by atoms with Crippen LogP contribution in [0.5, 0.6) is 0 Å². The zero-order valence-corrected chi connectivity index (χ0v) is 15.0. The molecular weight excluding hydrogens is 316 g/mol. The van der Waals surface area contributed by atoms with Gasteiger partial charge in [-0.05, 0) is 31.9 Å². The molecule has 0 aliphatic heterocycles. The molecule has 0 unspecified atom stereocenters. The highest BCUT2D eigenvalue weighted by molar-refractivity contribution is 6.04. The standard InChI is InChI=1S/C19H24N4O2/c1-4-9-23(10-5-2)19-20-12-16(13-21-19)18(25)22-17-8-6-7-15(11-17)14(3)24/h6-8,11-13H,4-5,9-10H2,1-3H3,(H,22,25). The fourth-order valence-corrected chi connectivity index (χ4v) is 2.47. The second kappa shape index (κ2) is 8.92. The Bertz CT molecular complexity index is 722. The summed E-state index contributed by atoms with van der Waals surface area (Å²) in [4.78, 5) is 34.5. The molecule has 2 rings (SSSR count). The Balaban J connectivity index is 2.09. The predicted molar refractivity (Wildman–Crippen MR) is 99.2 cm³/mol. The van der Waals surface area contributed by atoms with Gasteiger partial charge in [-0.1, -0.05) is 26.0 Å². The first-order chi connectivity index (χ1) is 12.0.